The minimum absolute atomic E-state index is 0.795. The minimum Gasteiger partial charge on any atom is -0.399 e. The molecular formula is C13H19N5. The topological polar surface area (TPSA) is 69.6 Å². The summed E-state index contributed by atoms with van der Waals surface area (Å²) in [5.41, 5.74) is 8.68. The molecule has 1 aromatic heterocycles. The van der Waals surface area contributed by atoms with E-state index in [-0.39, 0.29) is 0 Å². The number of nitrogens with two attached hydrogens (primary N) is 1. The first kappa shape index (κ1) is 12.5. The molecule has 0 atom stereocenters. The number of unbranched alkanes of at least 4 members (excludes halogenated alkanes) is 2. The molecule has 1 heterocycles. The molecular weight excluding hydrogens is 226 g/mol. The number of rotatable bonds is 5. The highest BCUT2D eigenvalue weighted by Crippen LogP contribution is 2.21. The molecule has 18 heavy (non-hydrogen) atoms. The monoisotopic (exact) mass is 245 g/mol. The summed E-state index contributed by atoms with van der Waals surface area (Å²) in [6.45, 7) is 5.04. The maximum absolute atomic E-state index is 5.82. The van der Waals surface area contributed by atoms with Crippen LogP contribution in [0.5, 0.6) is 0 Å². The van der Waals surface area contributed by atoms with E-state index in [1.807, 2.05) is 29.8 Å². The van der Waals surface area contributed by atoms with E-state index in [2.05, 4.69) is 22.4 Å². The third-order valence-electron chi connectivity index (χ3n) is 3.03. The van der Waals surface area contributed by atoms with Gasteiger partial charge in [-0.3, -0.25) is 0 Å². The lowest BCUT2D eigenvalue weighted by atomic mass is 10.1. The van der Waals surface area contributed by atoms with Gasteiger partial charge in [0.25, 0.3) is 0 Å². The lowest BCUT2D eigenvalue weighted by molar-refractivity contribution is 0.541. The molecule has 96 valence electrons. The van der Waals surface area contributed by atoms with E-state index in [4.69, 9.17) is 5.73 Å². The Morgan fingerprint density at radius 2 is 2.11 bits per heavy atom. The Morgan fingerprint density at radius 1 is 1.28 bits per heavy atom. The van der Waals surface area contributed by atoms with Crippen LogP contribution >= 0.6 is 0 Å². The standard InChI is InChI=1S/C13H19N5/c1-3-4-5-8-18-13(15-16-17-18)11-6-7-12(14)10(2)9-11/h6-7,9H,3-5,8,14H2,1-2H3. The van der Waals surface area contributed by atoms with Crippen molar-refractivity contribution in [2.24, 2.45) is 0 Å². The van der Waals surface area contributed by atoms with Gasteiger partial charge in [0.05, 0.1) is 0 Å². The Bertz CT molecular complexity index is 518. The Morgan fingerprint density at radius 3 is 2.83 bits per heavy atom. The third-order valence-corrected chi connectivity index (χ3v) is 3.03. The zero-order valence-electron chi connectivity index (χ0n) is 10.9. The van der Waals surface area contributed by atoms with Gasteiger partial charge in [0.15, 0.2) is 5.82 Å². The van der Waals surface area contributed by atoms with E-state index in [1.54, 1.807) is 0 Å². The molecule has 0 spiro atoms. The van der Waals surface area contributed by atoms with Crippen LogP contribution in [0.2, 0.25) is 0 Å². The van der Waals surface area contributed by atoms with Crippen LogP contribution in [0.25, 0.3) is 11.4 Å². The number of nitrogen functional groups attached to an aromatic ring is 1. The van der Waals surface area contributed by atoms with Crippen LogP contribution in [0.1, 0.15) is 31.7 Å². The van der Waals surface area contributed by atoms with Crippen LogP contribution in [0.15, 0.2) is 18.2 Å². The number of benzene rings is 1. The van der Waals surface area contributed by atoms with Gasteiger partial charge < -0.3 is 5.73 Å². The van der Waals surface area contributed by atoms with Crippen LogP contribution in [0.4, 0.5) is 5.69 Å². The quantitative estimate of drug-likeness (QED) is 0.648. The second-order valence-electron chi connectivity index (χ2n) is 4.50. The Balaban J connectivity index is 2.22. The van der Waals surface area contributed by atoms with Crippen molar-refractivity contribution in [1.29, 1.82) is 0 Å². The number of anilines is 1. The fraction of sp³-hybridized carbons (Fsp3) is 0.462. The van der Waals surface area contributed by atoms with E-state index >= 15 is 0 Å². The summed E-state index contributed by atoms with van der Waals surface area (Å²) >= 11 is 0. The fourth-order valence-corrected chi connectivity index (χ4v) is 1.89. The zero-order valence-corrected chi connectivity index (χ0v) is 10.9. The van der Waals surface area contributed by atoms with Gasteiger partial charge in [0.2, 0.25) is 0 Å². The van der Waals surface area contributed by atoms with E-state index in [0.717, 1.165) is 35.6 Å². The van der Waals surface area contributed by atoms with Gasteiger partial charge in [-0.25, -0.2) is 4.68 Å². The Kier molecular flexibility index (Phi) is 3.92. The molecule has 0 radical (unpaired) electrons. The Hall–Kier alpha value is -1.91. The molecule has 5 nitrogen and oxygen atoms in total. The molecule has 2 N–H and O–H groups in total. The number of aromatic nitrogens is 4. The molecule has 0 fully saturated rings. The molecule has 0 aliphatic rings. The van der Waals surface area contributed by atoms with Crippen molar-refractivity contribution in [1.82, 2.24) is 20.2 Å². The molecule has 0 saturated carbocycles. The van der Waals surface area contributed by atoms with Crippen molar-refractivity contribution in [2.75, 3.05) is 5.73 Å². The average molecular weight is 245 g/mol. The van der Waals surface area contributed by atoms with Crippen molar-refractivity contribution >= 4 is 5.69 Å². The fourth-order valence-electron chi connectivity index (χ4n) is 1.89. The van der Waals surface area contributed by atoms with E-state index in [9.17, 15) is 0 Å². The molecule has 1 aromatic carbocycles. The SMILES string of the molecule is CCCCCn1nnnc1-c1ccc(N)c(C)c1. The van der Waals surface area contributed by atoms with Gasteiger partial charge in [-0.2, -0.15) is 0 Å². The summed E-state index contributed by atoms with van der Waals surface area (Å²) in [4.78, 5) is 0. The highest BCUT2D eigenvalue weighted by Gasteiger charge is 2.09. The van der Waals surface area contributed by atoms with Gasteiger partial charge >= 0.3 is 0 Å². The van der Waals surface area contributed by atoms with Crippen molar-refractivity contribution in [2.45, 2.75) is 39.7 Å². The molecule has 0 amide bonds. The van der Waals surface area contributed by atoms with Crippen LogP contribution in [0, 0.1) is 6.92 Å². The average Bonchev–Trinajstić information content (AvgIpc) is 2.81. The Labute approximate surface area is 107 Å². The van der Waals surface area contributed by atoms with Gasteiger partial charge in [0, 0.05) is 17.8 Å². The predicted octanol–water partition coefficient (Wildman–Crippen LogP) is 2.42. The lowest BCUT2D eigenvalue weighted by Crippen LogP contribution is -2.03. The summed E-state index contributed by atoms with van der Waals surface area (Å²) < 4.78 is 1.86. The van der Waals surface area contributed by atoms with Gasteiger partial charge in [0.1, 0.15) is 0 Å². The molecule has 5 heteroatoms. The first-order chi connectivity index (χ1) is 8.72. The molecule has 0 bridgehead atoms. The second-order valence-corrected chi connectivity index (χ2v) is 4.50. The minimum atomic E-state index is 0.795. The highest BCUT2D eigenvalue weighted by atomic mass is 15.5. The second kappa shape index (κ2) is 5.62. The number of hydrogen-bond acceptors (Lipinski definition) is 4. The van der Waals surface area contributed by atoms with E-state index in [0.29, 0.717) is 0 Å². The third kappa shape index (κ3) is 2.67. The molecule has 2 aromatic rings. The van der Waals surface area contributed by atoms with Crippen LogP contribution in [-0.2, 0) is 6.54 Å². The number of nitrogens with zero attached hydrogens (tertiary/aromatic N) is 4. The van der Waals surface area contributed by atoms with Crippen LogP contribution < -0.4 is 5.73 Å². The largest absolute Gasteiger partial charge is 0.399 e. The van der Waals surface area contributed by atoms with Crippen molar-refractivity contribution < 1.29 is 0 Å². The summed E-state index contributed by atoms with van der Waals surface area (Å²) in [5, 5.41) is 11.9. The molecule has 0 aliphatic heterocycles. The van der Waals surface area contributed by atoms with Crippen molar-refractivity contribution in [3.8, 4) is 11.4 Å². The van der Waals surface area contributed by atoms with Gasteiger partial charge in [-0.05, 0) is 47.5 Å². The van der Waals surface area contributed by atoms with Gasteiger partial charge in [-0.15, -0.1) is 5.10 Å². The normalized spacial score (nSPS) is 10.8. The number of tetrazole rings is 1. The van der Waals surface area contributed by atoms with Crippen molar-refractivity contribution in [3.63, 3.8) is 0 Å². The molecule has 0 unspecified atom stereocenters. The predicted molar refractivity (Wildman–Crippen MR) is 71.9 cm³/mol. The maximum Gasteiger partial charge on any atom is 0.182 e. The van der Waals surface area contributed by atoms with Crippen LogP contribution in [-0.4, -0.2) is 20.2 Å². The zero-order chi connectivity index (χ0) is 13.0. The number of aryl methyl sites for hydroxylation is 2. The molecule has 2 rings (SSSR count). The van der Waals surface area contributed by atoms with Gasteiger partial charge in [-0.1, -0.05) is 19.8 Å². The molecule has 0 saturated heterocycles. The summed E-state index contributed by atoms with van der Waals surface area (Å²) in [7, 11) is 0. The summed E-state index contributed by atoms with van der Waals surface area (Å²) in [5.74, 6) is 0.814. The summed E-state index contributed by atoms with van der Waals surface area (Å²) in [6.07, 6.45) is 3.49. The van der Waals surface area contributed by atoms with Crippen molar-refractivity contribution in [3.05, 3.63) is 23.8 Å². The lowest BCUT2D eigenvalue weighted by Gasteiger charge is -2.06. The summed E-state index contributed by atoms with van der Waals surface area (Å²) in [6, 6.07) is 5.89. The molecule has 0 aliphatic carbocycles. The van der Waals surface area contributed by atoms with E-state index in [1.165, 1.54) is 12.8 Å². The van der Waals surface area contributed by atoms with E-state index < -0.39 is 0 Å². The first-order valence-electron chi connectivity index (χ1n) is 6.35. The van der Waals surface area contributed by atoms with Crippen LogP contribution in [0.3, 0.4) is 0 Å². The number of hydrogen-bond donors (Lipinski definition) is 1. The smallest absolute Gasteiger partial charge is 0.182 e. The maximum atomic E-state index is 5.82. The highest BCUT2D eigenvalue weighted by molar-refractivity contribution is 5.61. The first-order valence-corrected chi connectivity index (χ1v) is 6.35.